The van der Waals surface area contributed by atoms with Crippen LogP contribution < -0.4 is 9.91 Å². The van der Waals surface area contributed by atoms with Crippen LogP contribution in [-0.2, 0) is 4.79 Å². The van der Waals surface area contributed by atoms with Crippen LogP contribution in [0.3, 0.4) is 0 Å². The highest BCUT2D eigenvalue weighted by Crippen LogP contribution is 2.26. The maximum Gasteiger partial charge on any atom is 0.335 e. The Kier molecular flexibility index (Phi) is 4.73. The third kappa shape index (κ3) is 3.55. The molecule has 7 nitrogen and oxygen atoms in total. The fourth-order valence-corrected chi connectivity index (χ4v) is 2.57. The molecule has 0 unspecified atom stereocenters. The van der Waals surface area contributed by atoms with Gasteiger partial charge in [0.15, 0.2) is 0 Å². The summed E-state index contributed by atoms with van der Waals surface area (Å²) in [5.41, 5.74) is 2.51. The van der Waals surface area contributed by atoms with E-state index in [-0.39, 0.29) is 17.0 Å². The first-order valence-corrected chi connectivity index (χ1v) is 8.04. The largest absolute Gasteiger partial charge is 0.478 e. The van der Waals surface area contributed by atoms with E-state index in [4.69, 9.17) is 11.7 Å². The maximum absolute atomic E-state index is 12.7. The zero-order chi connectivity index (χ0) is 19.6. The van der Waals surface area contributed by atoms with Crippen molar-refractivity contribution in [3.8, 4) is 0 Å². The number of carbonyl (C=O) groups is 2. The molecule has 1 aliphatic heterocycles. The lowest BCUT2D eigenvalue weighted by Crippen LogP contribution is -2.21. The smallest absolute Gasteiger partial charge is 0.335 e. The van der Waals surface area contributed by atoms with E-state index in [2.05, 4.69) is 9.95 Å². The van der Waals surface area contributed by atoms with Gasteiger partial charge in [0.05, 0.1) is 16.8 Å². The minimum Gasteiger partial charge on any atom is -0.478 e. The highest BCUT2D eigenvalue weighted by molar-refractivity contribution is 6.34. The molecule has 7 heteroatoms. The first-order chi connectivity index (χ1) is 12.9. The van der Waals surface area contributed by atoms with Crippen molar-refractivity contribution in [2.45, 2.75) is 0 Å². The Morgan fingerprint density at radius 3 is 2.30 bits per heavy atom. The highest BCUT2D eigenvalue weighted by atomic mass is 16.4. The lowest BCUT2D eigenvalue weighted by molar-refractivity contribution is -0.114. The molecule has 1 amide bonds. The molecule has 0 fully saturated rings. The van der Waals surface area contributed by atoms with Gasteiger partial charge < -0.3 is 14.9 Å². The van der Waals surface area contributed by atoms with Crippen molar-refractivity contribution in [3.63, 3.8) is 0 Å². The zero-order valence-corrected chi connectivity index (χ0v) is 14.7. The van der Waals surface area contributed by atoms with Gasteiger partial charge in [-0.15, -0.1) is 5.01 Å². The second-order valence-corrected chi connectivity index (χ2v) is 6.05. The third-order valence-electron chi connectivity index (χ3n) is 4.04. The van der Waals surface area contributed by atoms with Gasteiger partial charge in [0.1, 0.15) is 0 Å². The van der Waals surface area contributed by atoms with Crippen molar-refractivity contribution < 1.29 is 14.7 Å². The molecule has 0 spiro atoms. The van der Waals surface area contributed by atoms with Gasteiger partial charge in [-0.1, -0.05) is 24.8 Å². The van der Waals surface area contributed by atoms with E-state index in [1.165, 1.54) is 24.3 Å². The number of amides is 1. The number of carbonyl (C=O) groups excluding carboxylic acids is 1. The average molecular weight is 360 g/mol. The van der Waals surface area contributed by atoms with Crippen molar-refractivity contribution in [1.29, 1.82) is 0 Å². The standard InChI is InChI=1S/C20H16N4O3/c1-21-18-17(12-13-4-8-15(9-5-13)23(2)3)19(25)24(22-18)16-10-6-14(7-11-16)20(26)27/h4-12H,2-3H3,(H,26,27). The van der Waals surface area contributed by atoms with E-state index in [1.807, 2.05) is 43.3 Å². The first kappa shape index (κ1) is 17.9. The van der Waals surface area contributed by atoms with Crippen LogP contribution in [0.4, 0.5) is 11.4 Å². The van der Waals surface area contributed by atoms with Crippen molar-refractivity contribution in [2.75, 3.05) is 24.0 Å². The van der Waals surface area contributed by atoms with Gasteiger partial charge in [0, 0.05) is 19.8 Å². The van der Waals surface area contributed by atoms with Gasteiger partial charge >= 0.3 is 11.8 Å². The Labute approximate surface area is 156 Å². The highest BCUT2D eigenvalue weighted by Gasteiger charge is 2.34. The SMILES string of the molecule is [C-]#[N+]C1=NN(c2ccc(C(=O)O)cc2)C(=O)C1=Cc1ccc(N(C)C)cc1. The van der Waals surface area contributed by atoms with Gasteiger partial charge in [-0.05, 0) is 47.1 Å². The number of hydrazone groups is 1. The van der Waals surface area contributed by atoms with Crippen LogP contribution in [0.2, 0.25) is 0 Å². The first-order valence-electron chi connectivity index (χ1n) is 8.04. The Bertz CT molecular complexity index is 997. The zero-order valence-electron chi connectivity index (χ0n) is 14.7. The van der Waals surface area contributed by atoms with Crippen molar-refractivity contribution >= 4 is 35.2 Å². The molecule has 1 heterocycles. The van der Waals surface area contributed by atoms with Gasteiger partial charge in [-0.25, -0.2) is 4.79 Å². The monoisotopic (exact) mass is 360 g/mol. The quantitative estimate of drug-likeness (QED) is 0.671. The van der Waals surface area contributed by atoms with Crippen LogP contribution in [0.1, 0.15) is 15.9 Å². The summed E-state index contributed by atoms with van der Waals surface area (Å²) in [5, 5.41) is 14.2. The average Bonchev–Trinajstić information content (AvgIpc) is 2.98. The summed E-state index contributed by atoms with van der Waals surface area (Å²) in [6.07, 6.45) is 1.63. The number of amidine groups is 1. The molecule has 0 radical (unpaired) electrons. The lowest BCUT2D eigenvalue weighted by atomic mass is 10.1. The number of rotatable bonds is 4. The molecule has 0 saturated heterocycles. The molecule has 3 rings (SSSR count). The number of benzene rings is 2. The predicted molar refractivity (Wildman–Crippen MR) is 104 cm³/mol. The molecule has 2 aromatic rings. The Morgan fingerprint density at radius 1 is 1.15 bits per heavy atom. The minimum absolute atomic E-state index is 0.000928. The van der Waals surface area contributed by atoms with Crippen LogP contribution >= 0.6 is 0 Å². The number of carboxylic acids is 1. The minimum atomic E-state index is -1.05. The van der Waals surface area contributed by atoms with Gasteiger partial charge in [-0.2, -0.15) is 0 Å². The summed E-state index contributed by atoms with van der Waals surface area (Å²) in [4.78, 5) is 29.0. The number of aromatic carboxylic acids is 1. The molecule has 27 heavy (non-hydrogen) atoms. The van der Waals surface area contributed by atoms with E-state index in [9.17, 15) is 9.59 Å². The molecule has 0 saturated carbocycles. The lowest BCUT2D eigenvalue weighted by Gasteiger charge is -2.12. The maximum atomic E-state index is 12.7. The fraction of sp³-hybridized carbons (Fsp3) is 0.100. The van der Waals surface area contributed by atoms with E-state index in [0.29, 0.717) is 5.69 Å². The number of hydrogen-bond donors (Lipinski definition) is 1. The summed E-state index contributed by atoms with van der Waals surface area (Å²) in [6, 6.07) is 13.3. The second kappa shape index (κ2) is 7.14. The molecular weight excluding hydrogens is 344 g/mol. The molecule has 0 bridgehead atoms. The molecule has 0 atom stereocenters. The normalized spacial score (nSPS) is 14.9. The second-order valence-electron chi connectivity index (χ2n) is 6.05. The summed E-state index contributed by atoms with van der Waals surface area (Å²) in [6.45, 7) is 7.31. The number of nitrogens with zero attached hydrogens (tertiary/aromatic N) is 4. The Morgan fingerprint density at radius 2 is 1.78 bits per heavy atom. The fourth-order valence-electron chi connectivity index (χ4n) is 2.57. The predicted octanol–water partition coefficient (Wildman–Crippen LogP) is 3.11. The Hall–Kier alpha value is -3.92. The third-order valence-corrected chi connectivity index (χ3v) is 4.04. The van der Waals surface area contributed by atoms with E-state index >= 15 is 0 Å². The summed E-state index contributed by atoms with van der Waals surface area (Å²) < 4.78 is 0. The van der Waals surface area contributed by atoms with E-state index < -0.39 is 11.9 Å². The van der Waals surface area contributed by atoms with Crippen LogP contribution in [-0.4, -0.2) is 36.9 Å². The van der Waals surface area contributed by atoms with E-state index in [0.717, 1.165) is 16.3 Å². The molecule has 2 aromatic carbocycles. The van der Waals surface area contributed by atoms with E-state index in [1.54, 1.807) is 6.08 Å². The molecule has 134 valence electrons. The summed E-state index contributed by atoms with van der Waals surface area (Å²) in [5.74, 6) is -1.49. The van der Waals surface area contributed by atoms with Crippen molar-refractivity contribution in [2.24, 2.45) is 5.10 Å². The van der Waals surface area contributed by atoms with Gasteiger partial charge in [-0.3, -0.25) is 4.79 Å². The van der Waals surface area contributed by atoms with Crippen LogP contribution in [0.15, 0.2) is 59.2 Å². The van der Waals surface area contributed by atoms with Gasteiger partial charge in [0.25, 0.3) is 5.91 Å². The molecule has 0 aromatic heterocycles. The summed E-state index contributed by atoms with van der Waals surface area (Å²) >= 11 is 0. The number of hydrogen-bond acceptors (Lipinski definition) is 4. The van der Waals surface area contributed by atoms with Crippen LogP contribution in [0, 0.1) is 6.57 Å². The molecule has 1 N–H and O–H groups in total. The molecular formula is C20H16N4O3. The topological polar surface area (TPSA) is 77.6 Å². The van der Waals surface area contributed by atoms with Crippen LogP contribution in [0.5, 0.6) is 0 Å². The number of anilines is 2. The van der Waals surface area contributed by atoms with Crippen molar-refractivity contribution in [3.05, 3.63) is 76.6 Å². The Balaban J connectivity index is 1.92. The van der Waals surface area contributed by atoms with Crippen molar-refractivity contribution in [1.82, 2.24) is 0 Å². The number of carboxylic acid groups (broad SMARTS) is 1. The van der Waals surface area contributed by atoms with Crippen LogP contribution in [0.25, 0.3) is 10.9 Å². The van der Waals surface area contributed by atoms with Gasteiger partial charge in [0.2, 0.25) is 0 Å². The molecule has 0 aliphatic carbocycles. The molecule has 1 aliphatic rings. The summed E-state index contributed by atoms with van der Waals surface area (Å²) in [7, 11) is 3.87.